The van der Waals surface area contributed by atoms with Crippen LogP contribution < -0.4 is 22.8 Å². The average Bonchev–Trinajstić information content (AvgIpc) is 1.82. The number of nitriles is 3. The van der Waals surface area contributed by atoms with E-state index in [1.165, 1.54) is 14.7 Å². The Morgan fingerprint density at radius 3 is 1.69 bits per heavy atom. The maximum absolute atomic E-state index is 12.7. The summed E-state index contributed by atoms with van der Waals surface area (Å²) in [5.41, 5.74) is 10.4. The van der Waals surface area contributed by atoms with Crippen molar-refractivity contribution in [3.8, 4) is 63.5 Å². The normalized spacial score (nSPS) is 15.9. The van der Waals surface area contributed by atoms with Gasteiger partial charge in [0.25, 0.3) is 0 Å². The molecular formula is C64H58ClF2N9O8S3. The quantitative estimate of drug-likeness (QED) is 0.102. The van der Waals surface area contributed by atoms with Crippen LogP contribution in [0.5, 0.6) is 11.5 Å². The van der Waals surface area contributed by atoms with Gasteiger partial charge in [0.1, 0.15) is 29.7 Å². The summed E-state index contributed by atoms with van der Waals surface area (Å²) in [5.74, 6) is 1.54. The van der Waals surface area contributed by atoms with Crippen LogP contribution in [0.2, 0.25) is 5.02 Å². The third-order valence-corrected chi connectivity index (χ3v) is 21.8. The van der Waals surface area contributed by atoms with Crippen molar-refractivity contribution in [3.63, 3.8) is 0 Å². The summed E-state index contributed by atoms with van der Waals surface area (Å²) >= 11 is 6.36. The second-order valence-electron chi connectivity index (χ2n) is 21.4. The van der Waals surface area contributed by atoms with Crippen molar-refractivity contribution in [2.24, 2.45) is 5.92 Å². The SMILES string of the molecule is C=Cn1c(-c2ccc(N3CCCS3(=O)=O)cc2)c(C#N)c2ccc(OC)cc21.CCn1c(-c2ccc(NS(=O)(=O)C3CC3)cc2)c(C#N)c2c(Cl)cccc21.N#Cc1c(-c2ccc(N3CCCS3(=O)=O)cc2)n(CC2CC2)c2cc(OC(F)F)ccc12. The second kappa shape index (κ2) is 24.1. The number of hydrogen-bond acceptors (Lipinski definition) is 11. The Morgan fingerprint density at radius 2 is 1.20 bits per heavy atom. The summed E-state index contributed by atoms with van der Waals surface area (Å²) < 4.78 is 120. The Morgan fingerprint density at radius 1 is 0.678 bits per heavy atom. The summed E-state index contributed by atoms with van der Waals surface area (Å²) in [4.78, 5) is 0. The summed E-state index contributed by atoms with van der Waals surface area (Å²) in [7, 11) is -8.20. The summed E-state index contributed by atoms with van der Waals surface area (Å²) in [6.07, 6.45) is 6.50. The zero-order valence-electron chi connectivity index (χ0n) is 47.3. The van der Waals surface area contributed by atoms with E-state index in [2.05, 4.69) is 38.8 Å². The van der Waals surface area contributed by atoms with Gasteiger partial charge in [0.2, 0.25) is 30.1 Å². The van der Waals surface area contributed by atoms with Crippen LogP contribution in [0.1, 0.15) is 62.1 Å². The molecule has 3 aromatic heterocycles. The van der Waals surface area contributed by atoms with E-state index in [1.54, 1.807) is 67.9 Å². The molecule has 23 heteroatoms. The van der Waals surface area contributed by atoms with Gasteiger partial charge in [0.15, 0.2) is 0 Å². The van der Waals surface area contributed by atoms with Crippen LogP contribution in [0, 0.1) is 39.9 Å². The Bertz CT molecular complexity index is 4660. The highest BCUT2D eigenvalue weighted by Gasteiger charge is 2.36. The predicted octanol–water partition coefficient (Wildman–Crippen LogP) is 13.3. The van der Waals surface area contributed by atoms with Gasteiger partial charge in [-0.15, -0.1) is 0 Å². The fraction of sp³-hybridized carbons (Fsp3) is 0.266. The molecule has 0 atom stereocenters. The molecule has 87 heavy (non-hydrogen) atoms. The molecule has 9 aromatic rings. The molecule has 5 heterocycles. The van der Waals surface area contributed by atoms with Crippen molar-refractivity contribution in [3.05, 3.63) is 156 Å². The van der Waals surface area contributed by atoms with E-state index in [-0.39, 0.29) is 22.5 Å². The number of aryl methyl sites for hydroxylation is 1. The molecule has 446 valence electrons. The van der Waals surface area contributed by atoms with E-state index in [0.29, 0.717) is 106 Å². The lowest BCUT2D eigenvalue weighted by Gasteiger charge is -2.17. The first-order valence-electron chi connectivity index (χ1n) is 28.1. The van der Waals surface area contributed by atoms with Gasteiger partial charge in [0.05, 0.1) is 90.6 Å². The Hall–Kier alpha value is -8.85. The average molecular weight is 1250 g/mol. The Kier molecular flexibility index (Phi) is 16.6. The first kappa shape index (κ1) is 59.9. The molecule has 2 saturated carbocycles. The van der Waals surface area contributed by atoms with Crippen molar-refractivity contribution in [2.75, 3.05) is 45.0 Å². The number of aromatic nitrogens is 3. The standard InChI is InChI=1S/C23H21F2N3O3S.C21H19N3O3S.C20H18ClN3O2S/c24-23(25)31-18-8-9-19-20(13-26)22(27(21(19)12-18)14-15-2-3-15)16-4-6-17(7-5-16)28-10-1-11-32(28,29)30;1-3-23-20-13-17(27-2)9-10-18(20)19(14-22)21(23)15-5-7-16(8-6-15)24-11-4-12-28(24,25)26;1-2-24-18-5-3-4-17(21)19(18)16(12-22)20(24)13-6-8-14(9-7-13)23-27(25,26)15-10-11-15/h4-9,12,15,23H,1-3,10-11,14H2;3,5-10,13H,1,4,11-12H2,2H3;3-9,15,23H,2,10-11H2,1H3. The molecule has 0 bridgehead atoms. The van der Waals surface area contributed by atoms with Gasteiger partial charge in [-0.25, -0.2) is 25.3 Å². The Labute approximate surface area is 508 Å². The number of sulfonamides is 3. The summed E-state index contributed by atoms with van der Waals surface area (Å²) in [5, 5.41) is 32.0. The number of benzene rings is 6. The predicted molar refractivity (Wildman–Crippen MR) is 336 cm³/mol. The van der Waals surface area contributed by atoms with Crippen LogP contribution >= 0.6 is 11.6 Å². The van der Waals surface area contributed by atoms with Crippen molar-refractivity contribution >= 4 is 97.6 Å². The minimum absolute atomic E-state index is 0.0488. The zero-order chi connectivity index (χ0) is 61.5. The number of nitrogens with one attached hydrogen (secondary N) is 1. The van der Waals surface area contributed by atoms with Crippen molar-refractivity contribution in [2.45, 2.75) is 70.4 Å². The third-order valence-electron chi connectivity index (χ3n) is 15.9. The highest BCUT2D eigenvalue weighted by atomic mass is 35.5. The molecule has 2 saturated heterocycles. The third kappa shape index (κ3) is 11.8. The van der Waals surface area contributed by atoms with Gasteiger partial charge in [-0.1, -0.05) is 60.6 Å². The van der Waals surface area contributed by atoms with Crippen LogP contribution in [0.25, 0.3) is 72.7 Å². The lowest BCUT2D eigenvalue weighted by Crippen LogP contribution is -2.24. The van der Waals surface area contributed by atoms with E-state index in [4.69, 9.17) is 16.3 Å². The lowest BCUT2D eigenvalue weighted by atomic mass is 10.1. The van der Waals surface area contributed by atoms with Crippen LogP contribution in [0.15, 0.2) is 134 Å². The van der Waals surface area contributed by atoms with Gasteiger partial charge >= 0.3 is 6.61 Å². The molecule has 0 spiro atoms. The number of fused-ring (bicyclic) bond motifs is 3. The number of alkyl halides is 2. The van der Waals surface area contributed by atoms with Crippen molar-refractivity contribution in [1.82, 2.24) is 13.7 Å². The number of ether oxygens (including phenoxy) is 2. The Balaban J connectivity index is 0.000000136. The highest BCUT2D eigenvalue weighted by molar-refractivity contribution is 7.93. The fourth-order valence-corrected chi connectivity index (χ4v) is 16.3. The van der Waals surface area contributed by atoms with E-state index in [0.717, 1.165) is 75.6 Å². The minimum atomic E-state index is -3.29. The van der Waals surface area contributed by atoms with Gasteiger partial charge in [-0.3, -0.25) is 13.3 Å². The molecule has 6 aromatic carbocycles. The van der Waals surface area contributed by atoms with Crippen LogP contribution in [0.4, 0.5) is 25.8 Å². The zero-order valence-corrected chi connectivity index (χ0v) is 50.5. The number of rotatable bonds is 15. The monoisotopic (exact) mass is 1250 g/mol. The number of methoxy groups -OCH3 is 1. The van der Waals surface area contributed by atoms with Crippen molar-refractivity contribution < 1.29 is 43.5 Å². The molecule has 0 radical (unpaired) electrons. The van der Waals surface area contributed by atoms with Crippen LogP contribution in [-0.4, -0.2) is 82.5 Å². The molecule has 4 aliphatic rings. The van der Waals surface area contributed by atoms with Gasteiger partial charge in [-0.05, 0) is 135 Å². The summed E-state index contributed by atoms with van der Waals surface area (Å²) in [6.45, 7) is 5.30. The molecule has 4 fully saturated rings. The largest absolute Gasteiger partial charge is 0.497 e. The molecular weight excluding hydrogens is 1190 g/mol. The van der Waals surface area contributed by atoms with Crippen LogP contribution in [0.3, 0.4) is 0 Å². The summed E-state index contributed by atoms with van der Waals surface area (Å²) in [6, 6.07) is 44.2. The molecule has 1 N–H and O–H groups in total. The smallest absolute Gasteiger partial charge is 0.387 e. The van der Waals surface area contributed by atoms with Crippen molar-refractivity contribution in [1.29, 1.82) is 15.8 Å². The van der Waals surface area contributed by atoms with E-state index < -0.39 is 36.7 Å². The number of hydrogen-bond donors (Lipinski definition) is 1. The van der Waals surface area contributed by atoms with Gasteiger partial charge in [-0.2, -0.15) is 24.6 Å². The second-order valence-corrected chi connectivity index (χ2v) is 27.8. The molecule has 13 rings (SSSR count). The van der Waals surface area contributed by atoms with E-state index in [1.807, 2.05) is 82.8 Å². The van der Waals surface area contributed by atoms with Gasteiger partial charge < -0.3 is 23.2 Å². The molecule has 0 amide bonds. The number of anilines is 3. The molecule has 0 unspecified atom stereocenters. The van der Waals surface area contributed by atoms with E-state index >= 15 is 0 Å². The maximum atomic E-state index is 12.7. The molecule has 17 nitrogen and oxygen atoms in total. The number of halogens is 3. The van der Waals surface area contributed by atoms with Gasteiger partial charge in [0, 0.05) is 71.9 Å². The maximum Gasteiger partial charge on any atom is 0.387 e. The fourth-order valence-electron chi connectivity index (χ4n) is 11.5. The molecule has 2 aliphatic carbocycles. The van der Waals surface area contributed by atoms with Crippen LogP contribution in [-0.2, 0) is 43.2 Å². The molecule has 2 aliphatic heterocycles. The minimum Gasteiger partial charge on any atom is -0.497 e. The highest BCUT2D eigenvalue weighted by Crippen LogP contribution is 2.43. The first-order chi connectivity index (χ1) is 41.8. The first-order valence-corrected chi connectivity index (χ1v) is 33.3. The lowest BCUT2D eigenvalue weighted by molar-refractivity contribution is -0.0497. The number of nitrogens with zero attached hydrogens (tertiary/aromatic N) is 8. The van der Waals surface area contributed by atoms with E-state index in [9.17, 15) is 49.8 Å². The topological polar surface area (TPSA) is 226 Å².